The molecule has 4 rings (SSSR count). The first-order chi connectivity index (χ1) is 15.5. The van der Waals surface area contributed by atoms with Gasteiger partial charge in [-0.25, -0.2) is 8.78 Å². The summed E-state index contributed by atoms with van der Waals surface area (Å²) in [7, 11) is 1.28. The molecule has 0 unspecified atom stereocenters. The van der Waals surface area contributed by atoms with Crippen LogP contribution in [0.5, 0.6) is 5.75 Å². The van der Waals surface area contributed by atoms with Gasteiger partial charge in [-0.2, -0.15) is 4.39 Å². The molecule has 4 heteroatoms. The van der Waals surface area contributed by atoms with Crippen LogP contribution in [-0.2, 0) is 12.8 Å². The minimum absolute atomic E-state index is 0.0722. The number of benzene rings is 2. The van der Waals surface area contributed by atoms with Crippen molar-refractivity contribution in [3.63, 3.8) is 0 Å². The zero-order valence-electron chi connectivity index (χ0n) is 19.2. The molecule has 0 aromatic heterocycles. The third-order valence-electron chi connectivity index (χ3n) is 7.45. The molecular weight excluding hydrogens is 409 g/mol. The van der Waals surface area contributed by atoms with Crippen molar-refractivity contribution in [2.24, 2.45) is 11.8 Å². The van der Waals surface area contributed by atoms with Gasteiger partial charge in [0.2, 0.25) is 5.82 Å². The monoisotopic (exact) mass is 442 g/mol. The largest absolute Gasteiger partial charge is 0.494 e. The second kappa shape index (κ2) is 10.1. The highest BCUT2D eigenvalue weighted by Crippen LogP contribution is 2.37. The van der Waals surface area contributed by atoms with Gasteiger partial charge >= 0.3 is 0 Å². The highest BCUT2D eigenvalue weighted by Gasteiger charge is 2.24. The zero-order chi connectivity index (χ0) is 22.7. The van der Waals surface area contributed by atoms with Crippen molar-refractivity contribution in [1.29, 1.82) is 0 Å². The molecule has 2 aliphatic rings. The molecule has 0 amide bonds. The molecule has 2 aliphatic carbocycles. The van der Waals surface area contributed by atoms with Gasteiger partial charge < -0.3 is 4.74 Å². The maximum Gasteiger partial charge on any atom is 0.201 e. The second-order valence-electron chi connectivity index (χ2n) is 9.47. The van der Waals surface area contributed by atoms with E-state index in [1.807, 2.05) is 6.07 Å². The molecule has 2 aromatic rings. The number of fused-ring (bicyclic) bond motifs is 1. The smallest absolute Gasteiger partial charge is 0.201 e. The van der Waals surface area contributed by atoms with E-state index in [0.29, 0.717) is 12.0 Å². The normalized spacial score (nSPS) is 20.6. The Morgan fingerprint density at radius 3 is 2.19 bits per heavy atom. The average Bonchev–Trinajstić information content (AvgIpc) is 2.81. The predicted octanol–water partition coefficient (Wildman–Crippen LogP) is 8.19. The SMILES string of the molecule is CCCC1CCC(CCC2=CCc3c(ccc(-c4ccc(OC)c(F)c4F)c3F)C2)CC1. The van der Waals surface area contributed by atoms with E-state index in [1.165, 1.54) is 69.8 Å². The van der Waals surface area contributed by atoms with Gasteiger partial charge in [0.25, 0.3) is 0 Å². The first-order valence-corrected chi connectivity index (χ1v) is 12.0. The lowest BCUT2D eigenvalue weighted by molar-refractivity contribution is 0.252. The van der Waals surface area contributed by atoms with Crippen LogP contribution in [0.25, 0.3) is 11.1 Å². The van der Waals surface area contributed by atoms with Crippen molar-refractivity contribution >= 4 is 0 Å². The Morgan fingerprint density at radius 1 is 0.844 bits per heavy atom. The van der Waals surface area contributed by atoms with E-state index in [-0.39, 0.29) is 16.9 Å². The van der Waals surface area contributed by atoms with E-state index in [9.17, 15) is 8.78 Å². The van der Waals surface area contributed by atoms with Gasteiger partial charge in [-0.3, -0.25) is 0 Å². The topological polar surface area (TPSA) is 9.23 Å². The highest BCUT2D eigenvalue weighted by atomic mass is 19.2. The Morgan fingerprint density at radius 2 is 1.50 bits per heavy atom. The maximum atomic E-state index is 15.3. The zero-order valence-corrected chi connectivity index (χ0v) is 19.2. The Bertz CT molecular complexity index is 987. The summed E-state index contributed by atoms with van der Waals surface area (Å²) < 4.78 is 48.8. The van der Waals surface area contributed by atoms with Crippen LogP contribution in [0.4, 0.5) is 13.2 Å². The summed E-state index contributed by atoms with van der Waals surface area (Å²) >= 11 is 0. The molecule has 32 heavy (non-hydrogen) atoms. The third-order valence-corrected chi connectivity index (χ3v) is 7.45. The summed E-state index contributed by atoms with van der Waals surface area (Å²) in [4.78, 5) is 0. The first-order valence-electron chi connectivity index (χ1n) is 12.0. The minimum atomic E-state index is -1.09. The van der Waals surface area contributed by atoms with Crippen LogP contribution in [0.15, 0.2) is 35.9 Å². The number of methoxy groups -OCH3 is 1. The Hall–Kier alpha value is -2.23. The van der Waals surface area contributed by atoms with Gasteiger partial charge in [0.05, 0.1) is 7.11 Å². The predicted molar refractivity (Wildman–Crippen MR) is 123 cm³/mol. The van der Waals surface area contributed by atoms with Crippen LogP contribution >= 0.6 is 0 Å². The van der Waals surface area contributed by atoms with Crippen molar-refractivity contribution < 1.29 is 17.9 Å². The molecule has 1 saturated carbocycles. The molecular formula is C28H33F3O. The van der Waals surface area contributed by atoms with E-state index >= 15 is 4.39 Å². The van der Waals surface area contributed by atoms with Crippen LogP contribution in [0.2, 0.25) is 0 Å². The fraction of sp³-hybridized carbons (Fsp3) is 0.500. The standard InChI is InChI=1S/C28H33F3O/c1-3-4-18-5-7-19(8-6-18)9-10-20-11-13-22-21(17-20)12-14-23(26(22)29)24-15-16-25(32-2)28(31)27(24)30/h11-12,14-16,18-19H,3-10,13,17H2,1-2H3. The van der Waals surface area contributed by atoms with Crippen molar-refractivity contribution in [2.45, 2.75) is 71.1 Å². The summed E-state index contributed by atoms with van der Waals surface area (Å²) in [6.45, 7) is 2.27. The molecule has 1 nitrogen and oxygen atoms in total. The van der Waals surface area contributed by atoms with Gasteiger partial charge in [-0.1, -0.05) is 69.2 Å². The van der Waals surface area contributed by atoms with Gasteiger partial charge in [0, 0.05) is 11.1 Å². The third kappa shape index (κ3) is 4.74. The fourth-order valence-corrected chi connectivity index (χ4v) is 5.51. The van der Waals surface area contributed by atoms with E-state index < -0.39 is 17.5 Å². The number of rotatable bonds is 7. The van der Waals surface area contributed by atoms with Crippen molar-refractivity contribution in [3.05, 3.63) is 64.5 Å². The van der Waals surface area contributed by atoms with Crippen molar-refractivity contribution in [1.82, 2.24) is 0 Å². The van der Waals surface area contributed by atoms with Crippen molar-refractivity contribution in [2.75, 3.05) is 7.11 Å². The lowest BCUT2D eigenvalue weighted by Gasteiger charge is -2.29. The van der Waals surface area contributed by atoms with Gasteiger partial charge in [0.15, 0.2) is 11.6 Å². The summed E-state index contributed by atoms with van der Waals surface area (Å²) in [5.41, 5.74) is 2.97. The van der Waals surface area contributed by atoms with Crippen molar-refractivity contribution in [3.8, 4) is 16.9 Å². The number of allylic oxidation sites excluding steroid dienone is 2. The van der Waals surface area contributed by atoms with Crippen LogP contribution in [-0.4, -0.2) is 7.11 Å². The second-order valence-corrected chi connectivity index (χ2v) is 9.47. The molecule has 0 aliphatic heterocycles. The maximum absolute atomic E-state index is 15.3. The van der Waals surface area contributed by atoms with E-state index in [2.05, 4.69) is 13.0 Å². The molecule has 0 atom stereocenters. The number of halogens is 3. The molecule has 0 bridgehead atoms. The number of hydrogen-bond donors (Lipinski definition) is 0. The van der Waals surface area contributed by atoms with Crippen LogP contribution in [0.3, 0.4) is 0 Å². The van der Waals surface area contributed by atoms with E-state index in [1.54, 1.807) is 6.07 Å². The average molecular weight is 443 g/mol. The van der Waals surface area contributed by atoms with Crippen LogP contribution in [0.1, 0.15) is 69.4 Å². The highest BCUT2D eigenvalue weighted by molar-refractivity contribution is 5.68. The summed E-state index contributed by atoms with van der Waals surface area (Å²) in [5, 5.41) is 0. The lowest BCUT2D eigenvalue weighted by Crippen LogP contribution is -2.15. The molecule has 0 spiro atoms. The fourth-order valence-electron chi connectivity index (χ4n) is 5.51. The Balaban J connectivity index is 1.42. The summed E-state index contributed by atoms with van der Waals surface area (Å²) in [6, 6.07) is 6.16. The van der Waals surface area contributed by atoms with Crippen LogP contribution < -0.4 is 4.74 Å². The molecule has 0 radical (unpaired) electrons. The van der Waals surface area contributed by atoms with E-state index in [0.717, 1.165) is 30.2 Å². The Kier molecular flexibility index (Phi) is 7.27. The quantitative estimate of drug-likeness (QED) is 0.393. The van der Waals surface area contributed by atoms with Gasteiger partial charge in [-0.15, -0.1) is 0 Å². The lowest BCUT2D eigenvalue weighted by atomic mass is 9.77. The first kappa shape index (κ1) is 22.9. The molecule has 172 valence electrons. The molecule has 0 heterocycles. The number of hydrogen-bond acceptors (Lipinski definition) is 1. The van der Waals surface area contributed by atoms with E-state index in [4.69, 9.17) is 4.74 Å². The molecule has 0 saturated heterocycles. The van der Waals surface area contributed by atoms with Gasteiger partial charge in [-0.05, 0) is 60.8 Å². The Labute approximate surface area is 189 Å². The molecule has 2 aromatic carbocycles. The number of ether oxygens (including phenoxy) is 1. The van der Waals surface area contributed by atoms with Gasteiger partial charge in [0.1, 0.15) is 5.82 Å². The molecule has 0 N–H and O–H groups in total. The van der Waals surface area contributed by atoms with Crippen LogP contribution in [0, 0.1) is 29.3 Å². The summed E-state index contributed by atoms with van der Waals surface area (Å²) in [5.74, 6) is -1.06. The minimum Gasteiger partial charge on any atom is -0.494 e. The summed E-state index contributed by atoms with van der Waals surface area (Å²) in [6.07, 6.45) is 13.8. The molecule has 1 fully saturated rings.